The lowest BCUT2D eigenvalue weighted by Crippen LogP contribution is -2.56. The molecular formula is C6H10F2N. The van der Waals surface area contributed by atoms with Crippen molar-refractivity contribution in [3.8, 4) is 0 Å². The minimum Gasteiger partial charge on any atom is -0.291 e. The first-order valence-corrected chi connectivity index (χ1v) is 3.02. The van der Waals surface area contributed by atoms with Crippen molar-refractivity contribution in [1.29, 1.82) is 0 Å². The maximum absolute atomic E-state index is 12.1. The molecule has 0 aliphatic carbocycles. The summed E-state index contributed by atoms with van der Waals surface area (Å²) in [5.41, 5.74) is 0. The first-order chi connectivity index (χ1) is 4.14. The molecule has 0 aromatic rings. The largest absolute Gasteiger partial charge is 0.291 e. The van der Waals surface area contributed by atoms with E-state index in [9.17, 15) is 8.78 Å². The zero-order valence-electron chi connectivity index (χ0n) is 5.40. The van der Waals surface area contributed by atoms with Crippen molar-refractivity contribution in [1.82, 2.24) is 4.90 Å². The maximum Gasteiger partial charge on any atom is 0.272 e. The number of alkyl halides is 2. The maximum atomic E-state index is 12.1. The number of hydrogen-bond donors (Lipinski definition) is 0. The molecule has 0 atom stereocenters. The number of halogens is 2. The van der Waals surface area contributed by atoms with Gasteiger partial charge < -0.3 is 0 Å². The van der Waals surface area contributed by atoms with Crippen LogP contribution in [0.3, 0.4) is 0 Å². The van der Waals surface area contributed by atoms with E-state index < -0.39 is 5.92 Å². The number of likely N-dealkylation sites (tertiary alicyclic amines) is 1. The summed E-state index contributed by atoms with van der Waals surface area (Å²) in [6.07, 6.45) is 1.88. The summed E-state index contributed by atoms with van der Waals surface area (Å²) in [5, 5.41) is 0. The lowest BCUT2D eigenvalue weighted by Gasteiger charge is -2.38. The van der Waals surface area contributed by atoms with Gasteiger partial charge in [-0.3, -0.25) is 4.90 Å². The summed E-state index contributed by atoms with van der Waals surface area (Å²) in [7, 11) is 0. The highest BCUT2D eigenvalue weighted by atomic mass is 19.3. The average Bonchev–Trinajstić information content (AvgIpc) is 1.62. The Labute approximate surface area is 53.6 Å². The summed E-state index contributed by atoms with van der Waals surface area (Å²) in [5.74, 6) is -2.40. The molecule has 3 heteroatoms. The predicted molar refractivity (Wildman–Crippen MR) is 31.4 cm³/mol. The Bertz CT molecular complexity index is 95.2. The van der Waals surface area contributed by atoms with Crippen molar-refractivity contribution in [2.45, 2.75) is 12.8 Å². The van der Waals surface area contributed by atoms with Gasteiger partial charge in [-0.25, -0.2) is 8.78 Å². The van der Waals surface area contributed by atoms with Crippen LogP contribution in [0.15, 0.2) is 0 Å². The molecule has 0 saturated carbocycles. The van der Waals surface area contributed by atoms with Crippen LogP contribution in [0, 0.1) is 6.42 Å². The van der Waals surface area contributed by atoms with Gasteiger partial charge in [0, 0.05) is 6.54 Å². The van der Waals surface area contributed by atoms with Crippen LogP contribution in [0.2, 0.25) is 0 Å². The number of nitrogens with zero attached hydrogens (tertiary/aromatic N) is 1. The van der Waals surface area contributed by atoms with Gasteiger partial charge in [0.2, 0.25) is 0 Å². The van der Waals surface area contributed by atoms with Crippen LogP contribution in [0.5, 0.6) is 0 Å². The van der Waals surface area contributed by atoms with Gasteiger partial charge in [-0.1, -0.05) is 6.92 Å². The lowest BCUT2D eigenvalue weighted by atomic mass is 10.1. The van der Waals surface area contributed by atoms with Crippen LogP contribution in [-0.4, -0.2) is 30.5 Å². The number of hydrogen-bond acceptors (Lipinski definition) is 1. The van der Waals surface area contributed by atoms with E-state index in [0.717, 1.165) is 0 Å². The molecular weight excluding hydrogens is 124 g/mol. The minimum atomic E-state index is -2.40. The summed E-state index contributed by atoms with van der Waals surface area (Å²) < 4.78 is 24.1. The van der Waals surface area contributed by atoms with Gasteiger partial charge >= 0.3 is 0 Å². The van der Waals surface area contributed by atoms with Gasteiger partial charge in [0.05, 0.1) is 13.1 Å². The van der Waals surface area contributed by atoms with Crippen molar-refractivity contribution in [2.75, 3.05) is 19.6 Å². The first-order valence-electron chi connectivity index (χ1n) is 3.02. The summed E-state index contributed by atoms with van der Waals surface area (Å²) >= 11 is 0. The van der Waals surface area contributed by atoms with E-state index in [2.05, 4.69) is 0 Å². The SMILES string of the molecule is C[CH]CN1CC(F)(F)C1. The van der Waals surface area contributed by atoms with Crippen LogP contribution in [0.25, 0.3) is 0 Å². The van der Waals surface area contributed by atoms with Gasteiger partial charge in [-0.15, -0.1) is 0 Å². The third-order valence-electron chi connectivity index (χ3n) is 1.35. The van der Waals surface area contributed by atoms with Crippen molar-refractivity contribution in [3.05, 3.63) is 6.42 Å². The molecule has 0 aromatic carbocycles. The first kappa shape index (κ1) is 6.93. The molecule has 0 amide bonds. The van der Waals surface area contributed by atoms with Crippen LogP contribution >= 0.6 is 0 Å². The van der Waals surface area contributed by atoms with Crippen LogP contribution in [0.1, 0.15) is 6.92 Å². The monoisotopic (exact) mass is 134 g/mol. The standard InChI is InChI=1S/C6H10F2N/c1-2-3-9-4-6(7,8)5-9/h2H,3-5H2,1H3. The van der Waals surface area contributed by atoms with E-state index in [4.69, 9.17) is 0 Å². The molecule has 0 N–H and O–H groups in total. The highest BCUT2D eigenvalue weighted by Gasteiger charge is 2.42. The van der Waals surface area contributed by atoms with Crippen molar-refractivity contribution in [3.63, 3.8) is 0 Å². The van der Waals surface area contributed by atoms with Crippen LogP contribution in [-0.2, 0) is 0 Å². The van der Waals surface area contributed by atoms with Crippen LogP contribution < -0.4 is 0 Å². The highest BCUT2D eigenvalue weighted by Crippen LogP contribution is 2.25. The van der Waals surface area contributed by atoms with E-state index in [-0.39, 0.29) is 13.1 Å². The van der Waals surface area contributed by atoms with Crippen LogP contribution in [0.4, 0.5) is 8.78 Å². The molecule has 1 nitrogen and oxygen atoms in total. The molecule has 1 heterocycles. The third-order valence-corrected chi connectivity index (χ3v) is 1.35. The van der Waals surface area contributed by atoms with E-state index in [1.807, 2.05) is 13.3 Å². The molecule has 9 heavy (non-hydrogen) atoms. The fraction of sp³-hybridized carbons (Fsp3) is 0.833. The fourth-order valence-electron chi connectivity index (χ4n) is 0.995. The lowest BCUT2D eigenvalue weighted by molar-refractivity contribution is -0.127. The van der Waals surface area contributed by atoms with Crippen molar-refractivity contribution >= 4 is 0 Å². The summed E-state index contributed by atoms with van der Waals surface area (Å²) in [6, 6.07) is 0. The minimum absolute atomic E-state index is 0.0582. The highest BCUT2D eigenvalue weighted by molar-refractivity contribution is 4.88. The Hall–Kier alpha value is -0.180. The smallest absolute Gasteiger partial charge is 0.272 e. The molecule has 0 unspecified atom stereocenters. The van der Waals surface area contributed by atoms with Crippen molar-refractivity contribution < 1.29 is 8.78 Å². The Balaban J connectivity index is 2.12. The zero-order chi connectivity index (χ0) is 6.91. The van der Waals surface area contributed by atoms with E-state index in [1.165, 1.54) is 0 Å². The Morgan fingerprint density at radius 3 is 2.44 bits per heavy atom. The molecule has 0 spiro atoms. The van der Waals surface area contributed by atoms with Gasteiger partial charge in [0.25, 0.3) is 5.92 Å². The third kappa shape index (κ3) is 1.61. The second kappa shape index (κ2) is 2.21. The molecule has 1 radical (unpaired) electrons. The van der Waals surface area contributed by atoms with E-state index in [0.29, 0.717) is 6.54 Å². The van der Waals surface area contributed by atoms with Gasteiger partial charge in [0.1, 0.15) is 0 Å². The average molecular weight is 134 g/mol. The van der Waals surface area contributed by atoms with E-state index in [1.54, 1.807) is 4.90 Å². The molecule has 0 bridgehead atoms. The number of rotatable bonds is 2. The van der Waals surface area contributed by atoms with E-state index >= 15 is 0 Å². The molecule has 1 aliphatic heterocycles. The normalized spacial score (nSPS) is 25.7. The Morgan fingerprint density at radius 2 is 2.11 bits per heavy atom. The Morgan fingerprint density at radius 1 is 1.56 bits per heavy atom. The van der Waals surface area contributed by atoms with Gasteiger partial charge in [0.15, 0.2) is 0 Å². The molecule has 0 aromatic heterocycles. The van der Waals surface area contributed by atoms with Crippen molar-refractivity contribution in [2.24, 2.45) is 0 Å². The fourth-order valence-corrected chi connectivity index (χ4v) is 0.995. The molecule has 53 valence electrons. The molecule has 1 aliphatic rings. The molecule has 1 fully saturated rings. The predicted octanol–water partition coefficient (Wildman–Crippen LogP) is 1.16. The topological polar surface area (TPSA) is 3.24 Å². The Kier molecular flexibility index (Phi) is 1.70. The molecule has 1 saturated heterocycles. The second-order valence-corrected chi connectivity index (χ2v) is 2.43. The summed E-state index contributed by atoms with van der Waals surface area (Å²) in [4.78, 5) is 1.71. The molecule has 1 rings (SSSR count). The summed E-state index contributed by atoms with van der Waals surface area (Å²) in [6.45, 7) is 2.45. The van der Waals surface area contributed by atoms with Gasteiger partial charge in [-0.2, -0.15) is 0 Å². The second-order valence-electron chi connectivity index (χ2n) is 2.43. The quantitative estimate of drug-likeness (QED) is 0.547. The van der Waals surface area contributed by atoms with Gasteiger partial charge in [-0.05, 0) is 6.42 Å². The zero-order valence-corrected chi connectivity index (χ0v) is 5.40.